The van der Waals surface area contributed by atoms with Gasteiger partial charge in [0.15, 0.2) is 0 Å². The van der Waals surface area contributed by atoms with Crippen molar-refractivity contribution in [3.8, 4) is 0 Å². The first kappa shape index (κ1) is 16.1. The van der Waals surface area contributed by atoms with Crippen LogP contribution in [0.3, 0.4) is 0 Å². The molecule has 4 heteroatoms. The first-order valence-corrected chi connectivity index (χ1v) is 8.83. The second-order valence-corrected chi connectivity index (χ2v) is 6.64. The van der Waals surface area contributed by atoms with Crippen molar-refractivity contribution in [3.63, 3.8) is 0 Å². The van der Waals surface area contributed by atoms with E-state index in [1.165, 1.54) is 5.56 Å². The van der Waals surface area contributed by atoms with Gasteiger partial charge in [-0.15, -0.1) is 0 Å². The van der Waals surface area contributed by atoms with Gasteiger partial charge in [-0.1, -0.05) is 42.5 Å². The Bertz CT molecular complexity index is 348. The van der Waals surface area contributed by atoms with E-state index in [0.717, 1.165) is 0 Å². The van der Waals surface area contributed by atoms with Gasteiger partial charge < -0.3 is 13.3 Å². The molecule has 106 valence electrons. The van der Waals surface area contributed by atoms with Crippen LogP contribution in [0.1, 0.15) is 26.3 Å². The lowest BCUT2D eigenvalue weighted by atomic mass is 10.2. The average Bonchev–Trinajstić information content (AvgIpc) is 2.41. The number of allylic oxidation sites excluding steroid dienone is 1. The van der Waals surface area contributed by atoms with Gasteiger partial charge in [0, 0.05) is 25.9 Å². The molecule has 0 aliphatic rings. The van der Waals surface area contributed by atoms with Crippen LogP contribution in [0.2, 0.25) is 6.04 Å². The normalized spacial score (nSPS) is 12.2. The third-order valence-electron chi connectivity index (χ3n) is 2.57. The van der Waals surface area contributed by atoms with Crippen LogP contribution in [0.25, 0.3) is 6.08 Å². The SMILES string of the molecule is CCO[Si](C/C=C/c1ccccc1)(OCC)OCC. The molecular weight excluding hydrogens is 256 g/mol. The highest BCUT2D eigenvalue weighted by atomic mass is 28.4. The zero-order valence-electron chi connectivity index (χ0n) is 12.1. The number of benzene rings is 1. The van der Waals surface area contributed by atoms with Crippen LogP contribution in [0.15, 0.2) is 36.4 Å². The van der Waals surface area contributed by atoms with Crippen LogP contribution in [-0.4, -0.2) is 28.6 Å². The summed E-state index contributed by atoms with van der Waals surface area (Å²) in [7, 11) is -2.54. The molecule has 0 aliphatic heterocycles. The van der Waals surface area contributed by atoms with E-state index in [0.29, 0.717) is 25.9 Å². The lowest BCUT2D eigenvalue weighted by Crippen LogP contribution is -2.45. The summed E-state index contributed by atoms with van der Waals surface area (Å²) in [5.74, 6) is 0. The van der Waals surface area contributed by atoms with Crippen LogP contribution in [0, 0.1) is 0 Å². The van der Waals surface area contributed by atoms with Crippen molar-refractivity contribution >= 4 is 14.9 Å². The zero-order valence-corrected chi connectivity index (χ0v) is 13.1. The first-order valence-electron chi connectivity index (χ1n) is 6.89. The van der Waals surface area contributed by atoms with Crippen LogP contribution < -0.4 is 0 Å². The molecule has 0 fully saturated rings. The molecule has 0 N–H and O–H groups in total. The molecule has 0 saturated carbocycles. The van der Waals surface area contributed by atoms with Gasteiger partial charge in [-0.25, -0.2) is 0 Å². The van der Waals surface area contributed by atoms with Crippen molar-refractivity contribution in [2.24, 2.45) is 0 Å². The van der Waals surface area contributed by atoms with Gasteiger partial charge in [0.05, 0.1) is 0 Å². The Labute approximate surface area is 117 Å². The summed E-state index contributed by atoms with van der Waals surface area (Å²) < 4.78 is 17.4. The summed E-state index contributed by atoms with van der Waals surface area (Å²) >= 11 is 0. The Balaban J connectivity index is 2.68. The van der Waals surface area contributed by atoms with Gasteiger partial charge in [-0.05, 0) is 26.3 Å². The molecule has 3 nitrogen and oxygen atoms in total. The van der Waals surface area contributed by atoms with E-state index in [2.05, 4.69) is 24.3 Å². The van der Waals surface area contributed by atoms with Crippen molar-refractivity contribution in [2.45, 2.75) is 26.8 Å². The quantitative estimate of drug-likeness (QED) is 0.645. The van der Waals surface area contributed by atoms with Gasteiger partial charge in [0.2, 0.25) is 0 Å². The van der Waals surface area contributed by atoms with Crippen molar-refractivity contribution in [1.82, 2.24) is 0 Å². The predicted octanol–water partition coefficient (Wildman–Crippen LogP) is 3.75. The number of hydrogen-bond donors (Lipinski definition) is 0. The maximum Gasteiger partial charge on any atom is 0.504 e. The van der Waals surface area contributed by atoms with Crippen molar-refractivity contribution in [3.05, 3.63) is 42.0 Å². The molecule has 1 rings (SSSR count). The molecular formula is C15H24O3Si. The van der Waals surface area contributed by atoms with E-state index in [-0.39, 0.29) is 0 Å². The fraction of sp³-hybridized carbons (Fsp3) is 0.467. The fourth-order valence-corrected chi connectivity index (χ4v) is 4.19. The highest BCUT2D eigenvalue weighted by molar-refractivity contribution is 6.61. The molecule has 0 bridgehead atoms. The topological polar surface area (TPSA) is 27.7 Å². The zero-order chi connectivity index (χ0) is 14.0. The minimum atomic E-state index is -2.54. The molecule has 0 saturated heterocycles. The third kappa shape index (κ3) is 5.70. The van der Waals surface area contributed by atoms with Crippen LogP contribution >= 0.6 is 0 Å². The minimum absolute atomic E-state index is 0.616. The van der Waals surface area contributed by atoms with Gasteiger partial charge in [0.1, 0.15) is 0 Å². The third-order valence-corrected chi connectivity index (χ3v) is 5.49. The molecule has 1 aromatic carbocycles. The monoisotopic (exact) mass is 280 g/mol. The molecule has 0 spiro atoms. The average molecular weight is 280 g/mol. The molecule has 0 aromatic heterocycles. The summed E-state index contributed by atoms with van der Waals surface area (Å²) in [6, 6.07) is 10.9. The van der Waals surface area contributed by atoms with Gasteiger partial charge in [0.25, 0.3) is 0 Å². The van der Waals surface area contributed by atoms with E-state index in [4.69, 9.17) is 13.3 Å². The summed E-state index contributed by atoms with van der Waals surface area (Å²) in [5.41, 5.74) is 1.18. The number of hydrogen-bond acceptors (Lipinski definition) is 3. The Hall–Kier alpha value is -0.943. The summed E-state index contributed by atoms with van der Waals surface area (Å²) in [4.78, 5) is 0. The van der Waals surface area contributed by atoms with Crippen molar-refractivity contribution < 1.29 is 13.3 Å². The Morgan fingerprint density at radius 2 is 1.42 bits per heavy atom. The van der Waals surface area contributed by atoms with Crippen molar-refractivity contribution in [1.29, 1.82) is 0 Å². The second kappa shape index (κ2) is 9.04. The molecule has 0 radical (unpaired) electrons. The molecule has 0 heterocycles. The molecule has 0 atom stereocenters. The highest BCUT2D eigenvalue weighted by Crippen LogP contribution is 2.17. The minimum Gasteiger partial charge on any atom is -0.374 e. The van der Waals surface area contributed by atoms with Gasteiger partial charge in [-0.2, -0.15) is 0 Å². The summed E-state index contributed by atoms with van der Waals surface area (Å²) in [6.45, 7) is 7.77. The van der Waals surface area contributed by atoms with Gasteiger partial charge >= 0.3 is 8.80 Å². The van der Waals surface area contributed by atoms with Crippen LogP contribution in [0.5, 0.6) is 0 Å². The lowest BCUT2D eigenvalue weighted by Gasteiger charge is -2.27. The smallest absolute Gasteiger partial charge is 0.374 e. The fourth-order valence-electron chi connectivity index (χ4n) is 1.87. The standard InChI is InChI=1S/C15H24O3Si/c1-4-16-19(17-5-2,18-6-3)14-10-13-15-11-8-7-9-12-15/h7-13H,4-6,14H2,1-3H3/b13-10+. The largest absolute Gasteiger partial charge is 0.504 e. The highest BCUT2D eigenvalue weighted by Gasteiger charge is 2.38. The molecule has 0 aliphatic carbocycles. The lowest BCUT2D eigenvalue weighted by molar-refractivity contribution is 0.0743. The molecule has 0 unspecified atom stereocenters. The Morgan fingerprint density at radius 3 is 1.89 bits per heavy atom. The molecule has 0 amide bonds. The summed E-state index contributed by atoms with van der Waals surface area (Å²) in [5, 5.41) is 0. The maximum absolute atomic E-state index is 5.79. The van der Waals surface area contributed by atoms with E-state index in [1.807, 2.05) is 39.0 Å². The van der Waals surface area contributed by atoms with Crippen molar-refractivity contribution in [2.75, 3.05) is 19.8 Å². The van der Waals surface area contributed by atoms with E-state index in [9.17, 15) is 0 Å². The predicted molar refractivity (Wildman–Crippen MR) is 80.9 cm³/mol. The van der Waals surface area contributed by atoms with Gasteiger partial charge in [-0.3, -0.25) is 0 Å². The van der Waals surface area contributed by atoms with Crippen LogP contribution in [0.4, 0.5) is 0 Å². The Kier molecular flexibility index (Phi) is 7.67. The van der Waals surface area contributed by atoms with E-state index in [1.54, 1.807) is 0 Å². The first-order chi connectivity index (χ1) is 9.26. The number of rotatable bonds is 9. The van der Waals surface area contributed by atoms with E-state index >= 15 is 0 Å². The van der Waals surface area contributed by atoms with E-state index < -0.39 is 8.80 Å². The maximum atomic E-state index is 5.79. The van der Waals surface area contributed by atoms with Crippen LogP contribution in [-0.2, 0) is 13.3 Å². The molecule has 19 heavy (non-hydrogen) atoms. The second-order valence-electron chi connectivity index (χ2n) is 4.00. The Morgan fingerprint density at radius 1 is 0.895 bits per heavy atom. The summed E-state index contributed by atoms with van der Waals surface area (Å²) in [6.07, 6.45) is 4.17. The molecule has 1 aromatic rings.